The average molecular weight is 797 g/mol. The van der Waals surface area contributed by atoms with Gasteiger partial charge in [0.15, 0.2) is 6.10 Å². The van der Waals surface area contributed by atoms with E-state index >= 15 is 0 Å². The van der Waals surface area contributed by atoms with Gasteiger partial charge in [-0.15, -0.1) is 0 Å². The number of ether oxygens (including phenoxy) is 3. The van der Waals surface area contributed by atoms with Gasteiger partial charge in [-0.3, -0.25) is 14.1 Å². The number of carbonyl (C=O) groups excluding carboxylic acids is 2. The number of hydrogen-bond acceptors (Lipinski definition) is 7. The molecule has 1 aliphatic heterocycles. The van der Waals surface area contributed by atoms with Crippen LogP contribution >= 0.6 is 7.82 Å². The van der Waals surface area contributed by atoms with Crippen molar-refractivity contribution in [2.75, 3.05) is 13.2 Å². The Morgan fingerprint density at radius 3 is 1.67 bits per heavy atom. The van der Waals surface area contributed by atoms with Crippen molar-refractivity contribution in [3.63, 3.8) is 0 Å². The molecule has 1 saturated heterocycles. The van der Waals surface area contributed by atoms with E-state index in [4.69, 9.17) is 24.0 Å². The van der Waals surface area contributed by atoms with Gasteiger partial charge in [-0.1, -0.05) is 173 Å². The molecule has 1 rings (SSSR count). The second-order valence-corrected chi connectivity index (χ2v) is 17.1. The molecular formula is C45H81O9P. The molecule has 0 aliphatic carbocycles. The van der Waals surface area contributed by atoms with E-state index < -0.39 is 32.5 Å². The maximum atomic E-state index is 12.4. The van der Waals surface area contributed by atoms with Gasteiger partial charge in [0, 0.05) is 12.8 Å². The Labute approximate surface area is 336 Å². The van der Waals surface area contributed by atoms with Crippen LogP contribution in [0.15, 0.2) is 36.5 Å². The zero-order valence-electron chi connectivity index (χ0n) is 35.2. The Morgan fingerprint density at radius 2 is 1.11 bits per heavy atom. The van der Waals surface area contributed by atoms with Gasteiger partial charge in [-0.05, 0) is 57.3 Å². The van der Waals surface area contributed by atoms with Gasteiger partial charge in [-0.2, -0.15) is 0 Å². The first-order valence-corrected chi connectivity index (χ1v) is 23.8. The number of allylic oxidation sites excluding steroid dienone is 4. The van der Waals surface area contributed by atoms with Crippen LogP contribution in [0.4, 0.5) is 0 Å². The fourth-order valence-electron chi connectivity index (χ4n) is 6.53. The molecule has 55 heavy (non-hydrogen) atoms. The van der Waals surface area contributed by atoms with E-state index in [1.807, 2.05) is 6.08 Å². The standard InChI is InChI=1S/C45H81O9P/c1-4-5-6-7-8-17-21-24-29-34-42-43(54-42)35-30-26-27-32-37-45(47)53-41(39-52-55(48,49)50)38-51-44(46)36-31-25-22-19-16-14-12-10-9-11-13-15-18-20-23-28-33-40(2)3/h8,17,24,26,29-30,40-43H,4-7,9-16,18-23,25,27-28,31-39H2,1-3H3,(H2,48,49,50)/b17-8-,29-24-,30-26-/t41-,42?,43?/m1/s1. The number of hydrogen-bond donors (Lipinski definition) is 2. The van der Waals surface area contributed by atoms with Crippen molar-refractivity contribution >= 4 is 19.8 Å². The molecule has 0 aromatic carbocycles. The number of unbranched alkanes of at least 4 members (excludes halogenated alkanes) is 19. The average Bonchev–Trinajstić information content (AvgIpc) is 3.90. The summed E-state index contributed by atoms with van der Waals surface area (Å²) in [5.74, 6) is -0.113. The SMILES string of the molecule is CCCCC/C=C\C/C=C\CC1OC1C/C=C\CCCC(=O)O[C@H](COC(=O)CCCCCCCCCCCCCCCCCCC(C)C)COP(=O)(O)O. The molecule has 2 unspecified atom stereocenters. The third kappa shape index (κ3) is 36.3. The lowest BCUT2D eigenvalue weighted by Gasteiger charge is -2.18. The number of epoxide rings is 1. The van der Waals surface area contributed by atoms with Crippen LogP contribution in [0.3, 0.4) is 0 Å². The normalized spacial score (nSPS) is 16.5. The molecule has 0 radical (unpaired) electrons. The molecule has 0 bridgehead atoms. The molecule has 10 heteroatoms. The van der Waals surface area contributed by atoms with Crippen molar-refractivity contribution in [3.05, 3.63) is 36.5 Å². The van der Waals surface area contributed by atoms with Crippen LogP contribution in [0.2, 0.25) is 0 Å². The van der Waals surface area contributed by atoms with Crippen LogP contribution in [-0.4, -0.2) is 53.3 Å². The predicted molar refractivity (Wildman–Crippen MR) is 225 cm³/mol. The first kappa shape index (κ1) is 51.2. The Balaban J connectivity index is 2.07. The summed E-state index contributed by atoms with van der Waals surface area (Å²) in [6.07, 6.45) is 43.3. The Morgan fingerprint density at radius 1 is 0.618 bits per heavy atom. The van der Waals surface area contributed by atoms with Crippen molar-refractivity contribution in [3.8, 4) is 0 Å². The summed E-state index contributed by atoms with van der Waals surface area (Å²) in [5, 5.41) is 0. The van der Waals surface area contributed by atoms with Crippen molar-refractivity contribution in [2.24, 2.45) is 5.92 Å². The van der Waals surface area contributed by atoms with E-state index in [1.54, 1.807) is 0 Å². The van der Waals surface area contributed by atoms with Gasteiger partial charge in [0.05, 0.1) is 18.8 Å². The molecule has 2 N–H and O–H groups in total. The molecule has 0 aromatic heterocycles. The fourth-order valence-corrected chi connectivity index (χ4v) is 6.89. The first-order valence-electron chi connectivity index (χ1n) is 22.3. The molecule has 1 aliphatic rings. The molecule has 0 amide bonds. The number of rotatable bonds is 39. The first-order chi connectivity index (χ1) is 26.6. The second-order valence-electron chi connectivity index (χ2n) is 15.9. The number of phosphoric ester groups is 1. The molecule has 0 spiro atoms. The van der Waals surface area contributed by atoms with E-state index in [2.05, 4.69) is 55.7 Å². The molecule has 1 fully saturated rings. The summed E-state index contributed by atoms with van der Waals surface area (Å²) in [6.45, 7) is 5.97. The summed E-state index contributed by atoms with van der Waals surface area (Å²) < 4.78 is 32.2. The highest BCUT2D eigenvalue weighted by Gasteiger charge is 2.36. The van der Waals surface area contributed by atoms with Gasteiger partial charge in [0.1, 0.15) is 6.61 Å². The van der Waals surface area contributed by atoms with E-state index in [0.29, 0.717) is 12.8 Å². The zero-order valence-corrected chi connectivity index (χ0v) is 36.1. The second kappa shape index (κ2) is 35.4. The molecular weight excluding hydrogens is 715 g/mol. The highest BCUT2D eigenvalue weighted by molar-refractivity contribution is 7.46. The van der Waals surface area contributed by atoms with Gasteiger partial charge in [0.25, 0.3) is 0 Å². The van der Waals surface area contributed by atoms with Crippen molar-refractivity contribution in [1.82, 2.24) is 0 Å². The minimum atomic E-state index is -4.78. The Bertz CT molecular complexity index is 1070. The monoisotopic (exact) mass is 797 g/mol. The number of esters is 2. The van der Waals surface area contributed by atoms with Gasteiger partial charge in [-0.25, -0.2) is 4.57 Å². The van der Waals surface area contributed by atoms with Crippen LogP contribution in [0.25, 0.3) is 0 Å². The van der Waals surface area contributed by atoms with Crippen LogP contribution in [0, 0.1) is 5.92 Å². The lowest BCUT2D eigenvalue weighted by molar-refractivity contribution is -0.161. The molecule has 1 heterocycles. The predicted octanol–water partition coefficient (Wildman–Crippen LogP) is 12.6. The van der Waals surface area contributed by atoms with Crippen LogP contribution < -0.4 is 0 Å². The van der Waals surface area contributed by atoms with E-state index in [1.165, 1.54) is 109 Å². The summed E-state index contributed by atoms with van der Waals surface area (Å²) in [4.78, 5) is 43.0. The summed E-state index contributed by atoms with van der Waals surface area (Å²) in [7, 11) is -4.78. The third-order valence-electron chi connectivity index (χ3n) is 9.99. The van der Waals surface area contributed by atoms with Gasteiger partial charge in [0.2, 0.25) is 0 Å². The van der Waals surface area contributed by atoms with Crippen molar-refractivity contribution in [2.45, 2.75) is 219 Å². The fraction of sp³-hybridized carbons (Fsp3) is 0.822. The highest BCUT2D eigenvalue weighted by atomic mass is 31.2. The molecule has 9 nitrogen and oxygen atoms in total. The maximum Gasteiger partial charge on any atom is 0.469 e. The van der Waals surface area contributed by atoms with Crippen LogP contribution in [0.1, 0.15) is 201 Å². The Kier molecular flexibility index (Phi) is 33.0. The quantitative estimate of drug-likeness (QED) is 0.0205. The molecule has 0 saturated carbocycles. The Hall–Kier alpha value is -1.77. The maximum absolute atomic E-state index is 12.4. The number of carbonyl (C=O) groups is 2. The largest absolute Gasteiger partial charge is 0.469 e. The smallest absolute Gasteiger partial charge is 0.462 e. The van der Waals surface area contributed by atoms with E-state index in [0.717, 1.165) is 50.9 Å². The zero-order chi connectivity index (χ0) is 40.2. The van der Waals surface area contributed by atoms with Gasteiger partial charge < -0.3 is 24.0 Å². The van der Waals surface area contributed by atoms with Crippen LogP contribution in [-0.2, 0) is 32.9 Å². The minimum absolute atomic E-state index is 0.129. The third-order valence-corrected chi connectivity index (χ3v) is 10.5. The lowest BCUT2D eigenvalue weighted by Crippen LogP contribution is -2.29. The van der Waals surface area contributed by atoms with Crippen LogP contribution in [0.5, 0.6) is 0 Å². The van der Waals surface area contributed by atoms with Crippen molar-refractivity contribution in [1.29, 1.82) is 0 Å². The van der Waals surface area contributed by atoms with Gasteiger partial charge >= 0.3 is 19.8 Å². The number of phosphoric acid groups is 1. The summed E-state index contributed by atoms with van der Waals surface area (Å²) in [5.41, 5.74) is 0. The molecule has 320 valence electrons. The topological polar surface area (TPSA) is 132 Å². The lowest BCUT2D eigenvalue weighted by atomic mass is 10.0. The highest BCUT2D eigenvalue weighted by Crippen LogP contribution is 2.36. The minimum Gasteiger partial charge on any atom is -0.462 e. The van der Waals surface area contributed by atoms with Crippen molar-refractivity contribution < 1.29 is 42.7 Å². The summed E-state index contributed by atoms with van der Waals surface area (Å²) in [6, 6.07) is 0. The molecule has 3 atom stereocenters. The van der Waals surface area contributed by atoms with E-state index in [9.17, 15) is 14.2 Å². The molecule has 0 aromatic rings. The summed E-state index contributed by atoms with van der Waals surface area (Å²) >= 11 is 0. The van der Waals surface area contributed by atoms with E-state index in [-0.39, 0.29) is 31.7 Å².